The van der Waals surface area contributed by atoms with Crippen LogP contribution in [0.25, 0.3) is 0 Å². The summed E-state index contributed by atoms with van der Waals surface area (Å²) in [4.78, 5) is 17.2. The van der Waals surface area contributed by atoms with Crippen molar-refractivity contribution in [3.05, 3.63) is 42.1 Å². The van der Waals surface area contributed by atoms with Gasteiger partial charge in [0.1, 0.15) is 5.76 Å². The van der Waals surface area contributed by atoms with Crippen molar-refractivity contribution in [2.45, 2.75) is 38.3 Å². The number of furan rings is 1. The zero-order valence-corrected chi connectivity index (χ0v) is 11.1. The van der Waals surface area contributed by atoms with E-state index in [1.54, 1.807) is 23.0 Å². The van der Waals surface area contributed by atoms with E-state index in [0.29, 0.717) is 12.3 Å². The van der Waals surface area contributed by atoms with E-state index in [-0.39, 0.29) is 17.8 Å². The fraction of sp³-hybridized carbons (Fsp3) is 0.429. The summed E-state index contributed by atoms with van der Waals surface area (Å²) in [5, 5.41) is 4.09. The van der Waals surface area contributed by atoms with E-state index in [2.05, 4.69) is 10.6 Å². The van der Waals surface area contributed by atoms with Gasteiger partial charge in [0.25, 0.3) is 0 Å². The molecule has 3 rings (SSSR count). The van der Waals surface area contributed by atoms with E-state index in [1.807, 2.05) is 12.3 Å². The number of hydroxylamine groups is 1. The highest BCUT2D eigenvalue weighted by molar-refractivity contribution is 5.90. The minimum Gasteiger partial charge on any atom is -0.454 e. The van der Waals surface area contributed by atoms with Gasteiger partial charge in [-0.1, -0.05) is 12.8 Å². The molecule has 2 heterocycles. The van der Waals surface area contributed by atoms with Crippen LogP contribution in [0.15, 0.2) is 35.0 Å². The van der Waals surface area contributed by atoms with Crippen molar-refractivity contribution in [1.29, 1.82) is 0 Å². The molecule has 0 saturated heterocycles. The van der Waals surface area contributed by atoms with E-state index in [1.165, 1.54) is 0 Å². The number of nitrogens with zero attached hydrogens (tertiary/aromatic N) is 2. The average molecular weight is 275 g/mol. The molecule has 1 N–H and O–H groups in total. The van der Waals surface area contributed by atoms with Gasteiger partial charge in [0.2, 0.25) is 0 Å². The molecule has 1 aliphatic rings. The number of aromatic nitrogens is 2. The zero-order chi connectivity index (χ0) is 13.8. The Morgan fingerprint density at radius 2 is 2.30 bits per heavy atom. The third-order valence-corrected chi connectivity index (χ3v) is 3.38. The van der Waals surface area contributed by atoms with Crippen molar-refractivity contribution < 1.29 is 14.0 Å². The first-order valence-electron chi connectivity index (χ1n) is 6.83. The van der Waals surface area contributed by atoms with Gasteiger partial charge in [0, 0.05) is 12.4 Å². The molecule has 0 atom stereocenters. The van der Waals surface area contributed by atoms with Crippen molar-refractivity contribution in [2.75, 3.05) is 0 Å². The van der Waals surface area contributed by atoms with Gasteiger partial charge in [-0.25, -0.2) is 5.48 Å². The highest BCUT2D eigenvalue weighted by Gasteiger charge is 2.18. The lowest BCUT2D eigenvalue weighted by Crippen LogP contribution is -2.27. The first kappa shape index (κ1) is 12.9. The molecule has 0 aromatic carbocycles. The molecule has 0 bridgehead atoms. The van der Waals surface area contributed by atoms with Crippen LogP contribution in [0.1, 0.15) is 42.0 Å². The summed E-state index contributed by atoms with van der Waals surface area (Å²) in [6.07, 6.45) is 8.01. The molecular weight excluding hydrogens is 258 g/mol. The number of rotatable bonds is 5. The summed E-state index contributed by atoms with van der Waals surface area (Å²) in [6.45, 7) is 0.504. The Morgan fingerprint density at radius 3 is 3.05 bits per heavy atom. The Kier molecular flexibility index (Phi) is 3.83. The third kappa shape index (κ3) is 3.08. The quantitative estimate of drug-likeness (QED) is 0.849. The molecule has 6 nitrogen and oxygen atoms in total. The molecule has 6 heteroatoms. The van der Waals surface area contributed by atoms with Crippen LogP contribution < -0.4 is 5.48 Å². The molecule has 20 heavy (non-hydrogen) atoms. The van der Waals surface area contributed by atoms with E-state index < -0.39 is 0 Å². The fourth-order valence-electron chi connectivity index (χ4n) is 2.33. The van der Waals surface area contributed by atoms with Crippen LogP contribution in [-0.4, -0.2) is 21.8 Å². The topological polar surface area (TPSA) is 69.3 Å². The van der Waals surface area contributed by atoms with Gasteiger partial charge in [-0.05, 0) is 31.0 Å². The molecule has 0 aliphatic heterocycles. The van der Waals surface area contributed by atoms with Crippen molar-refractivity contribution >= 4 is 5.91 Å². The summed E-state index contributed by atoms with van der Waals surface area (Å²) in [6, 6.07) is 5.25. The Morgan fingerprint density at radius 1 is 1.45 bits per heavy atom. The molecule has 1 amide bonds. The first-order valence-corrected chi connectivity index (χ1v) is 6.83. The summed E-state index contributed by atoms with van der Waals surface area (Å²) >= 11 is 0. The van der Waals surface area contributed by atoms with Gasteiger partial charge in [-0.15, -0.1) is 0 Å². The second-order valence-electron chi connectivity index (χ2n) is 4.93. The maximum absolute atomic E-state index is 11.9. The monoisotopic (exact) mass is 275 g/mol. The Balaban J connectivity index is 1.54. The van der Waals surface area contributed by atoms with Gasteiger partial charge >= 0.3 is 5.91 Å². The summed E-state index contributed by atoms with van der Waals surface area (Å²) in [5.41, 5.74) is 2.46. The maximum Gasteiger partial charge on any atom is 0.310 e. The predicted molar refractivity (Wildman–Crippen MR) is 70.8 cm³/mol. The molecule has 106 valence electrons. The third-order valence-electron chi connectivity index (χ3n) is 3.38. The fourth-order valence-corrected chi connectivity index (χ4v) is 2.33. The van der Waals surface area contributed by atoms with Crippen LogP contribution in [-0.2, 0) is 11.4 Å². The van der Waals surface area contributed by atoms with Crippen LogP contribution in [0.3, 0.4) is 0 Å². The molecule has 0 unspecified atom stereocenters. The number of hydrogen-bond acceptors (Lipinski definition) is 4. The lowest BCUT2D eigenvalue weighted by molar-refractivity contribution is -0.0139. The minimum atomic E-state index is -0.344. The zero-order valence-electron chi connectivity index (χ0n) is 11.1. The number of amides is 1. The second-order valence-corrected chi connectivity index (χ2v) is 4.93. The molecule has 0 radical (unpaired) electrons. The van der Waals surface area contributed by atoms with Crippen LogP contribution in [0, 0.1) is 0 Å². The van der Waals surface area contributed by atoms with E-state index in [9.17, 15) is 4.79 Å². The molecule has 0 spiro atoms. The van der Waals surface area contributed by atoms with E-state index in [0.717, 1.165) is 25.7 Å². The molecule has 2 aromatic rings. The summed E-state index contributed by atoms with van der Waals surface area (Å²) in [5.74, 6) is 0.591. The smallest absolute Gasteiger partial charge is 0.310 e. The molecular formula is C14H17N3O3. The highest BCUT2D eigenvalue weighted by Crippen LogP contribution is 2.20. The minimum absolute atomic E-state index is 0.137. The van der Waals surface area contributed by atoms with Gasteiger partial charge in [-0.2, -0.15) is 5.10 Å². The number of carbonyl (C=O) groups is 1. The summed E-state index contributed by atoms with van der Waals surface area (Å²) < 4.78 is 7.21. The van der Waals surface area contributed by atoms with Crippen LogP contribution >= 0.6 is 0 Å². The lowest BCUT2D eigenvalue weighted by Gasteiger charge is -2.09. The maximum atomic E-state index is 11.9. The van der Waals surface area contributed by atoms with Crippen molar-refractivity contribution in [3.63, 3.8) is 0 Å². The van der Waals surface area contributed by atoms with Gasteiger partial charge in [0.15, 0.2) is 5.76 Å². The van der Waals surface area contributed by atoms with Gasteiger partial charge in [0.05, 0.1) is 12.6 Å². The first-order chi connectivity index (χ1) is 9.81. The van der Waals surface area contributed by atoms with E-state index in [4.69, 9.17) is 9.25 Å². The Bertz CT molecular complexity index is 556. The van der Waals surface area contributed by atoms with Crippen molar-refractivity contribution in [3.8, 4) is 0 Å². The SMILES string of the molecule is O=C(NOC1CCCC1)c1ccc(Cn2cccn2)o1. The molecule has 2 aromatic heterocycles. The molecule has 1 aliphatic carbocycles. The lowest BCUT2D eigenvalue weighted by atomic mass is 10.3. The number of carbonyl (C=O) groups excluding carboxylic acids is 1. The Labute approximate surface area is 116 Å². The average Bonchev–Trinajstić information content (AvgIpc) is 3.19. The van der Waals surface area contributed by atoms with Crippen molar-refractivity contribution in [2.24, 2.45) is 0 Å². The molecule has 1 saturated carbocycles. The predicted octanol–water partition coefficient (Wildman–Crippen LogP) is 2.13. The highest BCUT2D eigenvalue weighted by atomic mass is 16.7. The Hall–Kier alpha value is -2.08. The van der Waals surface area contributed by atoms with Crippen LogP contribution in [0.4, 0.5) is 0 Å². The second kappa shape index (κ2) is 5.92. The number of hydrogen-bond donors (Lipinski definition) is 1. The van der Waals surface area contributed by atoms with Crippen LogP contribution in [0.2, 0.25) is 0 Å². The normalized spacial score (nSPS) is 15.6. The largest absolute Gasteiger partial charge is 0.454 e. The van der Waals surface area contributed by atoms with E-state index >= 15 is 0 Å². The number of nitrogens with one attached hydrogen (secondary N) is 1. The van der Waals surface area contributed by atoms with Crippen LogP contribution in [0.5, 0.6) is 0 Å². The standard InChI is InChI=1S/C14H17N3O3/c18-14(16-20-11-4-1-2-5-11)13-7-6-12(19-13)10-17-9-3-8-15-17/h3,6-9,11H,1-2,4-5,10H2,(H,16,18). The van der Waals surface area contributed by atoms with Gasteiger partial charge < -0.3 is 4.42 Å². The van der Waals surface area contributed by atoms with Crippen molar-refractivity contribution in [1.82, 2.24) is 15.3 Å². The summed E-state index contributed by atoms with van der Waals surface area (Å²) in [7, 11) is 0. The molecule has 1 fully saturated rings. The van der Waals surface area contributed by atoms with Gasteiger partial charge in [-0.3, -0.25) is 14.3 Å².